The van der Waals surface area contributed by atoms with Crippen molar-refractivity contribution in [2.45, 2.75) is 19.4 Å². The number of rotatable bonds is 3. The lowest BCUT2D eigenvalue weighted by Crippen LogP contribution is -2.35. The van der Waals surface area contributed by atoms with Crippen molar-refractivity contribution in [3.05, 3.63) is 24.3 Å². The van der Waals surface area contributed by atoms with Gasteiger partial charge < -0.3 is 11.1 Å². The summed E-state index contributed by atoms with van der Waals surface area (Å²) in [6, 6.07) is 0.776. The second-order valence-corrected chi connectivity index (χ2v) is 2.86. The van der Waals surface area contributed by atoms with Crippen LogP contribution in [0.3, 0.4) is 0 Å². The molecule has 0 bridgehead atoms. The molecule has 1 rings (SSSR count). The number of anilines is 1. The molecule has 5 heteroatoms. The van der Waals surface area contributed by atoms with Gasteiger partial charge in [-0.1, -0.05) is 6.92 Å². The highest BCUT2D eigenvalue weighted by atomic mass is 19.1. The number of halogens is 1. The summed E-state index contributed by atoms with van der Waals surface area (Å²) < 4.78 is 13.0. The summed E-state index contributed by atoms with van der Waals surface area (Å²) in [4.78, 5) is 14.8. The summed E-state index contributed by atoms with van der Waals surface area (Å²) in [7, 11) is 0. The van der Waals surface area contributed by atoms with Crippen LogP contribution in [0.25, 0.3) is 0 Å². The van der Waals surface area contributed by atoms with E-state index in [2.05, 4.69) is 10.3 Å². The van der Waals surface area contributed by atoms with Crippen molar-refractivity contribution < 1.29 is 9.18 Å². The number of carbonyl (C=O) groups is 1. The first-order chi connectivity index (χ1) is 6.65. The van der Waals surface area contributed by atoms with E-state index in [1.54, 1.807) is 6.92 Å². The molecular formula is C9H12FN3O. The molecule has 1 aromatic heterocycles. The summed E-state index contributed by atoms with van der Waals surface area (Å²) in [6.07, 6.45) is 2.95. The number of amides is 1. The minimum atomic E-state index is -0.609. The van der Waals surface area contributed by atoms with Crippen LogP contribution >= 0.6 is 0 Å². The van der Waals surface area contributed by atoms with Gasteiger partial charge in [-0.2, -0.15) is 0 Å². The SMILES string of the molecule is CC[C@H](N)C(=O)Nc1ccncc1F. The Morgan fingerprint density at radius 3 is 3.07 bits per heavy atom. The zero-order valence-corrected chi connectivity index (χ0v) is 7.83. The molecular weight excluding hydrogens is 185 g/mol. The molecule has 76 valence electrons. The number of nitrogens with two attached hydrogens (primary N) is 1. The minimum absolute atomic E-state index is 0.105. The molecule has 0 aliphatic carbocycles. The molecule has 0 unspecified atom stereocenters. The average molecular weight is 197 g/mol. The maximum Gasteiger partial charge on any atom is 0.241 e. The number of hydrogen-bond acceptors (Lipinski definition) is 3. The van der Waals surface area contributed by atoms with E-state index < -0.39 is 17.8 Å². The Labute approximate surface area is 81.3 Å². The molecule has 1 heterocycles. The van der Waals surface area contributed by atoms with E-state index >= 15 is 0 Å². The number of aromatic nitrogens is 1. The Balaban J connectivity index is 2.70. The fraction of sp³-hybridized carbons (Fsp3) is 0.333. The van der Waals surface area contributed by atoms with E-state index in [4.69, 9.17) is 5.73 Å². The molecule has 0 saturated heterocycles. The topological polar surface area (TPSA) is 68.0 Å². The quantitative estimate of drug-likeness (QED) is 0.756. The Morgan fingerprint density at radius 2 is 2.50 bits per heavy atom. The van der Waals surface area contributed by atoms with Crippen LogP contribution in [-0.2, 0) is 4.79 Å². The first-order valence-corrected chi connectivity index (χ1v) is 4.31. The van der Waals surface area contributed by atoms with E-state index in [1.165, 1.54) is 12.3 Å². The highest BCUT2D eigenvalue weighted by molar-refractivity contribution is 5.94. The van der Waals surface area contributed by atoms with Crippen LogP contribution < -0.4 is 11.1 Å². The minimum Gasteiger partial charge on any atom is -0.322 e. The molecule has 0 fully saturated rings. The van der Waals surface area contributed by atoms with Gasteiger partial charge in [0.25, 0.3) is 0 Å². The number of hydrogen-bond donors (Lipinski definition) is 2. The van der Waals surface area contributed by atoms with Crippen LogP contribution in [0.5, 0.6) is 0 Å². The van der Waals surface area contributed by atoms with Crippen LogP contribution in [0, 0.1) is 5.82 Å². The second kappa shape index (κ2) is 4.66. The molecule has 1 aromatic rings. The van der Waals surface area contributed by atoms with Crippen molar-refractivity contribution in [2.24, 2.45) is 5.73 Å². The fourth-order valence-electron chi connectivity index (χ4n) is 0.887. The van der Waals surface area contributed by atoms with Gasteiger partial charge in [0.15, 0.2) is 5.82 Å². The van der Waals surface area contributed by atoms with E-state index in [9.17, 15) is 9.18 Å². The molecule has 0 aliphatic rings. The summed E-state index contributed by atoms with van der Waals surface area (Å²) >= 11 is 0. The van der Waals surface area contributed by atoms with Crippen LogP contribution in [0.2, 0.25) is 0 Å². The van der Waals surface area contributed by atoms with Crippen molar-refractivity contribution in [2.75, 3.05) is 5.32 Å². The first-order valence-electron chi connectivity index (χ1n) is 4.31. The number of nitrogens with zero attached hydrogens (tertiary/aromatic N) is 1. The molecule has 0 aliphatic heterocycles. The fourth-order valence-corrected chi connectivity index (χ4v) is 0.887. The predicted octanol–water partition coefficient (Wildman–Crippen LogP) is 0.896. The zero-order chi connectivity index (χ0) is 10.6. The molecule has 1 atom stereocenters. The van der Waals surface area contributed by atoms with E-state index in [0.29, 0.717) is 6.42 Å². The Morgan fingerprint density at radius 1 is 1.79 bits per heavy atom. The van der Waals surface area contributed by atoms with Crippen molar-refractivity contribution in [1.29, 1.82) is 0 Å². The first kappa shape index (κ1) is 10.6. The molecule has 14 heavy (non-hydrogen) atoms. The van der Waals surface area contributed by atoms with Gasteiger partial charge in [0.05, 0.1) is 17.9 Å². The summed E-state index contributed by atoms with van der Waals surface area (Å²) in [5, 5.41) is 2.38. The standard InChI is InChI=1S/C9H12FN3O/c1-2-7(11)9(14)13-8-3-4-12-5-6(8)10/h3-5,7H,2,11H2,1H3,(H,12,13,14)/t7-/m0/s1. The number of nitrogens with one attached hydrogen (secondary N) is 1. The third kappa shape index (κ3) is 2.50. The third-order valence-corrected chi connectivity index (χ3v) is 1.81. The Kier molecular flexibility index (Phi) is 3.53. The highest BCUT2D eigenvalue weighted by Gasteiger charge is 2.12. The maximum absolute atomic E-state index is 13.0. The molecule has 0 saturated carbocycles. The smallest absolute Gasteiger partial charge is 0.241 e. The maximum atomic E-state index is 13.0. The summed E-state index contributed by atoms with van der Waals surface area (Å²) in [5.41, 5.74) is 5.57. The van der Waals surface area contributed by atoms with Crippen LogP contribution in [0.1, 0.15) is 13.3 Å². The molecule has 3 N–H and O–H groups in total. The number of pyridine rings is 1. The second-order valence-electron chi connectivity index (χ2n) is 2.86. The largest absolute Gasteiger partial charge is 0.322 e. The van der Waals surface area contributed by atoms with Gasteiger partial charge in [0, 0.05) is 6.20 Å². The Bertz CT molecular complexity index is 330. The normalized spacial score (nSPS) is 12.2. The van der Waals surface area contributed by atoms with E-state index in [0.717, 1.165) is 6.20 Å². The lowest BCUT2D eigenvalue weighted by molar-refractivity contribution is -0.117. The lowest BCUT2D eigenvalue weighted by atomic mass is 10.2. The average Bonchev–Trinajstić information content (AvgIpc) is 2.20. The van der Waals surface area contributed by atoms with Crippen LogP contribution in [-0.4, -0.2) is 16.9 Å². The Hall–Kier alpha value is -1.49. The van der Waals surface area contributed by atoms with Crippen LogP contribution in [0.15, 0.2) is 18.5 Å². The highest BCUT2D eigenvalue weighted by Crippen LogP contribution is 2.10. The van der Waals surface area contributed by atoms with Gasteiger partial charge in [-0.3, -0.25) is 9.78 Å². The molecule has 1 amide bonds. The van der Waals surface area contributed by atoms with Crippen molar-refractivity contribution >= 4 is 11.6 Å². The third-order valence-electron chi connectivity index (χ3n) is 1.81. The molecule has 4 nitrogen and oxygen atoms in total. The molecule has 0 spiro atoms. The number of carbonyl (C=O) groups excluding carboxylic acids is 1. The summed E-state index contributed by atoms with van der Waals surface area (Å²) in [6.45, 7) is 1.78. The van der Waals surface area contributed by atoms with Gasteiger partial charge in [0.2, 0.25) is 5.91 Å². The van der Waals surface area contributed by atoms with Gasteiger partial charge in [0.1, 0.15) is 0 Å². The molecule has 0 radical (unpaired) electrons. The van der Waals surface area contributed by atoms with Gasteiger partial charge in [-0.05, 0) is 12.5 Å². The van der Waals surface area contributed by atoms with Gasteiger partial charge in [-0.15, -0.1) is 0 Å². The van der Waals surface area contributed by atoms with E-state index in [1.807, 2.05) is 0 Å². The van der Waals surface area contributed by atoms with Crippen molar-refractivity contribution in [1.82, 2.24) is 4.98 Å². The summed E-state index contributed by atoms with van der Waals surface area (Å²) in [5.74, 6) is -0.957. The lowest BCUT2D eigenvalue weighted by Gasteiger charge is -2.09. The van der Waals surface area contributed by atoms with Gasteiger partial charge in [-0.25, -0.2) is 4.39 Å². The van der Waals surface area contributed by atoms with E-state index in [-0.39, 0.29) is 5.69 Å². The zero-order valence-electron chi connectivity index (χ0n) is 7.83. The van der Waals surface area contributed by atoms with Crippen molar-refractivity contribution in [3.8, 4) is 0 Å². The predicted molar refractivity (Wildman–Crippen MR) is 51.1 cm³/mol. The van der Waals surface area contributed by atoms with Gasteiger partial charge >= 0.3 is 0 Å². The monoisotopic (exact) mass is 197 g/mol. The van der Waals surface area contributed by atoms with Crippen molar-refractivity contribution in [3.63, 3.8) is 0 Å². The molecule has 0 aromatic carbocycles. The van der Waals surface area contributed by atoms with Crippen LogP contribution in [0.4, 0.5) is 10.1 Å².